The minimum atomic E-state index is -0.701. The minimum Gasteiger partial charge on any atom is -0.460 e. The number of amides is 1. The van der Waals surface area contributed by atoms with E-state index in [0.29, 0.717) is 41.2 Å². The summed E-state index contributed by atoms with van der Waals surface area (Å²) >= 11 is 6.53. The van der Waals surface area contributed by atoms with E-state index in [2.05, 4.69) is 5.10 Å². The standard InChI is InChI=1S/C24H29ClN4O6/c1-5-16-10-15(8-9-34-16)29(24(31)33-7-3)21-20-18(35-22(21)23(30)32-6-2)11-17(25)19(27-20)14-12-26-28(4)13-14/h11-13,15-16H,5-10H2,1-4H3/t15-,16-/m0/s1. The second-order valence-corrected chi connectivity index (χ2v) is 8.62. The number of hydrogen-bond donors (Lipinski definition) is 0. The fourth-order valence-corrected chi connectivity index (χ4v) is 4.54. The van der Waals surface area contributed by atoms with Gasteiger partial charge in [0.15, 0.2) is 5.58 Å². The number of hydrogen-bond acceptors (Lipinski definition) is 8. The van der Waals surface area contributed by atoms with E-state index in [0.717, 1.165) is 6.42 Å². The van der Waals surface area contributed by atoms with Crippen LogP contribution in [0.5, 0.6) is 0 Å². The van der Waals surface area contributed by atoms with Crippen molar-refractivity contribution in [3.05, 3.63) is 29.2 Å². The highest BCUT2D eigenvalue weighted by molar-refractivity contribution is 6.33. The number of nitrogens with zero attached hydrogens (tertiary/aromatic N) is 4. The monoisotopic (exact) mass is 504 g/mol. The Kier molecular flexibility index (Phi) is 7.61. The molecule has 0 aromatic carbocycles. The number of halogens is 1. The van der Waals surface area contributed by atoms with Crippen LogP contribution in [0.15, 0.2) is 22.9 Å². The van der Waals surface area contributed by atoms with Crippen LogP contribution in [0.2, 0.25) is 5.02 Å². The Morgan fingerprint density at radius 3 is 2.69 bits per heavy atom. The SMILES string of the molecule is CCOC(=O)c1oc2cc(Cl)c(-c3cnn(C)c3)nc2c1N(C(=O)OCC)[C@H]1CCO[C@@H](CC)C1. The van der Waals surface area contributed by atoms with Crippen molar-refractivity contribution in [2.45, 2.75) is 52.2 Å². The number of esters is 1. The molecule has 0 spiro atoms. The molecule has 0 saturated carbocycles. The molecule has 4 rings (SSSR count). The van der Waals surface area contributed by atoms with Gasteiger partial charge in [-0.25, -0.2) is 14.6 Å². The zero-order valence-electron chi connectivity index (χ0n) is 20.2. The summed E-state index contributed by atoms with van der Waals surface area (Å²) in [7, 11) is 1.79. The van der Waals surface area contributed by atoms with Crippen LogP contribution >= 0.6 is 11.6 Å². The van der Waals surface area contributed by atoms with Gasteiger partial charge in [0, 0.05) is 37.5 Å². The van der Waals surface area contributed by atoms with E-state index >= 15 is 0 Å². The van der Waals surface area contributed by atoms with Crippen molar-refractivity contribution in [2.75, 3.05) is 24.7 Å². The molecule has 0 N–H and O–H groups in total. The summed E-state index contributed by atoms with van der Waals surface area (Å²) in [6.45, 7) is 6.24. The molecule has 188 valence electrons. The molecular formula is C24H29ClN4O6. The molecule has 1 fully saturated rings. The smallest absolute Gasteiger partial charge is 0.414 e. The van der Waals surface area contributed by atoms with Crippen molar-refractivity contribution >= 4 is 40.5 Å². The summed E-state index contributed by atoms with van der Waals surface area (Å²) in [6.07, 6.45) is 4.73. The first-order valence-corrected chi connectivity index (χ1v) is 12.1. The van der Waals surface area contributed by atoms with Crippen LogP contribution in [0.1, 0.15) is 50.6 Å². The van der Waals surface area contributed by atoms with E-state index in [1.807, 2.05) is 6.92 Å². The normalized spacial score (nSPS) is 18.0. The molecule has 0 unspecified atom stereocenters. The molecule has 3 aromatic rings. The number of carbonyl (C=O) groups is 2. The van der Waals surface area contributed by atoms with E-state index in [9.17, 15) is 9.59 Å². The Balaban J connectivity index is 1.94. The first-order chi connectivity index (χ1) is 16.9. The maximum atomic E-state index is 13.3. The van der Waals surface area contributed by atoms with Gasteiger partial charge in [0.25, 0.3) is 0 Å². The van der Waals surface area contributed by atoms with E-state index in [-0.39, 0.29) is 42.4 Å². The van der Waals surface area contributed by atoms with Crippen molar-refractivity contribution in [3.8, 4) is 11.3 Å². The highest BCUT2D eigenvalue weighted by Gasteiger charge is 2.38. The van der Waals surface area contributed by atoms with Gasteiger partial charge in [0.1, 0.15) is 11.2 Å². The molecule has 10 nitrogen and oxygen atoms in total. The molecule has 0 aliphatic carbocycles. The summed E-state index contributed by atoms with van der Waals surface area (Å²) in [5.74, 6) is -0.825. The molecule has 3 aromatic heterocycles. The van der Waals surface area contributed by atoms with Crippen LogP contribution in [0, 0.1) is 0 Å². The molecule has 1 aliphatic heterocycles. The first kappa shape index (κ1) is 25.0. The Hall–Kier alpha value is -3.11. The van der Waals surface area contributed by atoms with Crippen LogP contribution in [0.25, 0.3) is 22.4 Å². The number of aryl methyl sites for hydroxylation is 1. The molecular weight excluding hydrogens is 476 g/mol. The van der Waals surface area contributed by atoms with Crippen molar-refractivity contribution in [2.24, 2.45) is 7.05 Å². The Labute approximate surface area is 208 Å². The fraction of sp³-hybridized carbons (Fsp3) is 0.500. The van der Waals surface area contributed by atoms with Gasteiger partial charge in [0.05, 0.1) is 36.2 Å². The number of aromatic nitrogens is 3. The maximum Gasteiger partial charge on any atom is 0.414 e. The fourth-order valence-electron chi connectivity index (χ4n) is 4.28. The zero-order chi connectivity index (χ0) is 25.1. The second-order valence-electron chi connectivity index (χ2n) is 8.22. The third kappa shape index (κ3) is 4.99. The largest absolute Gasteiger partial charge is 0.460 e. The lowest BCUT2D eigenvalue weighted by atomic mass is 9.99. The van der Waals surface area contributed by atoms with Crippen molar-refractivity contribution in [1.82, 2.24) is 14.8 Å². The van der Waals surface area contributed by atoms with Gasteiger partial charge in [-0.1, -0.05) is 18.5 Å². The number of furan rings is 1. The Bertz CT molecular complexity index is 1220. The van der Waals surface area contributed by atoms with Crippen LogP contribution < -0.4 is 4.90 Å². The van der Waals surface area contributed by atoms with E-state index in [4.69, 9.17) is 35.2 Å². The van der Waals surface area contributed by atoms with Crippen molar-refractivity contribution in [3.63, 3.8) is 0 Å². The van der Waals surface area contributed by atoms with Gasteiger partial charge < -0.3 is 18.6 Å². The average molecular weight is 505 g/mol. The predicted molar refractivity (Wildman–Crippen MR) is 130 cm³/mol. The minimum absolute atomic E-state index is 0.0248. The van der Waals surface area contributed by atoms with E-state index in [1.54, 1.807) is 44.0 Å². The summed E-state index contributed by atoms with van der Waals surface area (Å²) < 4.78 is 24.1. The number of fused-ring (bicyclic) bond motifs is 1. The Morgan fingerprint density at radius 2 is 2.03 bits per heavy atom. The number of pyridine rings is 1. The molecule has 2 atom stereocenters. The van der Waals surface area contributed by atoms with Crippen LogP contribution in [0.4, 0.5) is 10.5 Å². The third-order valence-corrected chi connectivity index (χ3v) is 6.19. The molecule has 11 heteroatoms. The number of anilines is 1. The summed E-state index contributed by atoms with van der Waals surface area (Å²) in [5, 5.41) is 4.52. The molecule has 0 bridgehead atoms. The quantitative estimate of drug-likeness (QED) is 0.414. The summed E-state index contributed by atoms with van der Waals surface area (Å²) in [4.78, 5) is 32.5. The van der Waals surface area contributed by atoms with Gasteiger partial charge in [-0.15, -0.1) is 0 Å². The van der Waals surface area contributed by atoms with Gasteiger partial charge in [-0.2, -0.15) is 5.10 Å². The lowest BCUT2D eigenvalue weighted by Gasteiger charge is -2.36. The highest BCUT2D eigenvalue weighted by Crippen LogP contribution is 2.40. The summed E-state index contributed by atoms with van der Waals surface area (Å²) in [5.41, 5.74) is 1.91. The summed E-state index contributed by atoms with van der Waals surface area (Å²) in [6, 6.07) is 1.29. The van der Waals surface area contributed by atoms with Crippen molar-refractivity contribution < 1.29 is 28.2 Å². The van der Waals surface area contributed by atoms with Gasteiger partial charge >= 0.3 is 12.1 Å². The average Bonchev–Trinajstić information content (AvgIpc) is 3.43. The molecule has 35 heavy (non-hydrogen) atoms. The van der Waals surface area contributed by atoms with Gasteiger partial charge in [-0.3, -0.25) is 9.58 Å². The molecule has 1 aliphatic rings. The van der Waals surface area contributed by atoms with Gasteiger partial charge in [0.2, 0.25) is 5.76 Å². The Morgan fingerprint density at radius 1 is 1.26 bits per heavy atom. The lowest BCUT2D eigenvalue weighted by Crippen LogP contribution is -2.46. The predicted octanol–water partition coefficient (Wildman–Crippen LogP) is 4.98. The molecule has 0 radical (unpaired) electrons. The number of ether oxygens (including phenoxy) is 3. The lowest BCUT2D eigenvalue weighted by molar-refractivity contribution is 0.00465. The van der Waals surface area contributed by atoms with Crippen LogP contribution in [-0.4, -0.2) is 58.8 Å². The van der Waals surface area contributed by atoms with Gasteiger partial charge in [-0.05, 0) is 33.1 Å². The number of rotatable bonds is 7. The van der Waals surface area contributed by atoms with E-state index < -0.39 is 12.1 Å². The second kappa shape index (κ2) is 10.7. The topological polar surface area (TPSA) is 109 Å². The molecule has 1 amide bonds. The first-order valence-electron chi connectivity index (χ1n) is 11.7. The molecule has 1 saturated heterocycles. The van der Waals surface area contributed by atoms with Crippen LogP contribution in [-0.2, 0) is 21.3 Å². The van der Waals surface area contributed by atoms with E-state index in [1.165, 1.54) is 4.90 Å². The highest BCUT2D eigenvalue weighted by atomic mass is 35.5. The van der Waals surface area contributed by atoms with Crippen molar-refractivity contribution in [1.29, 1.82) is 0 Å². The number of carbonyl (C=O) groups excluding carboxylic acids is 2. The van der Waals surface area contributed by atoms with Crippen LogP contribution in [0.3, 0.4) is 0 Å². The third-order valence-electron chi connectivity index (χ3n) is 5.90. The maximum absolute atomic E-state index is 13.3. The molecule has 4 heterocycles. The zero-order valence-corrected chi connectivity index (χ0v) is 21.0.